The minimum Gasteiger partial charge on any atom is -0.480 e. The van der Waals surface area contributed by atoms with E-state index in [9.17, 15) is 27.9 Å². The highest BCUT2D eigenvalue weighted by atomic mass is 19.4. The number of aromatic nitrogens is 2. The maximum absolute atomic E-state index is 12.9. The number of rotatable bonds is 4. The minimum absolute atomic E-state index is 0.110. The first kappa shape index (κ1) is 19.5. The lowest BCUT2D eigenvalue weighted by atomic mass is 10.0. The van der Waals surface area contributed by atoms with E-state index in [1.165, 1.54) is 50.8 Å². The molecule has 26 heavy (non-hydrogen) atoms. The molecule has 2 rings (SSSR count). The van der Waals surface area contributed by atoms with Crippen LogP contribution in [-0.4, -0.2) is 44.3 Å². The van der Waals surface area contributed by atoms with Crippen LogP contribution in [0.5, 0.6) is 0 Å². The Kier molecular flexibility index (Phi) is 4.85. The lowest BCUT2D eigenvalue weighted by molar-refractivity contribution is -0.147. The van der Waals surface area contributed by atoms with E-state index < -0.39 is 29.2 Å². The van der Waals surface area contributed by atoms with E-state index in [2.05, 4.69) is 5.10 Å². The zero-order valence-electron chi connectivity index (χ0n) is 14.6. The third-order valence-corrected chi connectivity index (χ3v) is 4.32. The van der Waals surface area contributed by atoms with Crippen molar-refractivity contribution in [1.82, 2.24) is 14.7 Å². The highest BCUT2D eigenvalue weighted by Gasteiger charge is 2.37. The van der Waals surface area contributed by atoms with Gasteiger partial charge in [-0.25, -0.2) is 9.48 Å². The summed E-state index contributed by atoms with van der Waals surface area (Å²) in [7, 11) is 1.34. The molecule has 0 bridgehead atoms. The topological polar surface area (TPSA) is 75.4 Å². The summed E-state index contributed by atoms with van der Waals surface area (Å²) in [6.07, 6.45) is -3.28. The number of carbonyl (C=O) groups is 2. The number of benzene rings is 1. The number of carboxylic acid groups (broad SMARTS) is 1. The fourth-order valence-electron chi connectivity index (χ4n) is 2.27. The zero-order valence-corrected chi connectivity index (χ0v) is 14.6. The van der Waals surface area contributed by atoms with Crippen molar-refractivity contribution in [3.05, 3.63) is 47.3 Å². The van der Waals surface area contributed by atoms with Gasteiger partial charge in [0, 0.05) is 7.05 Å². The molecule has 0 saturated heterocycles. The van der Waals surface area contributed by atoms with Gasteiger partial charge < -0.3 is 10.0 Å². The molecule has 6 nitrogen and oxygen atoms in total. The molecular weight excluding hydrogens is 351 g/mol. The third kappa shape index (κ3) is 3.42. The summed E-state index contributed by atoms with van der Waals surface area (Å²) < 4.78 is 39.9. The number of alkyl halides is 3. The molecule has 1 heterocycles. The van der Waals surface area contributed by atoms with Gasteiger partial charge in [0.05, 0.1) is 28.7 Å². The van der Waals surface area contributed by atoms with E-state index in [4.69, 9.17) is 0 Å². The van der Waals surface area contributed by atoms with Crippen LogP contribution in [-0.2, 0) is 11.0 Å². The van der Waals surface area contributed by atoms with Crippen LogP contribution in [0.1, 0.15) is 35.5 Å². The van der Waals surface area contributed by atoms with Gasteiger partial charge in [-0.1, -0.05) is 6.07 Å². The maximum atomic E-state index is 12.9. The smallest absolute Gasteiger partial charge is 0.416 e. The van der Waals surface area contributed by atoms with Crippen LogP contribution in [0.25, 0.3) is 5.69 Å². The van der Waals surface area contributed by atoms with Crippen LogP contribution in [0, 0.1) is 6.92 Å². The molecule has 0 atom stereocenters. The second-order valence-electron chi connectivity index (χ2n) is 6.33. The van der Waals surface area contributed by atoms with E-state index in [1.54, 1.807) is 0 Å². The van der Waals surface area contributed by atoms with Crippen LogP contribution in [0.4, 0.5) is 13.2 Å². The van der Waals surface area contributed by atoms with Gasteiger partial charge >= 0.3 is 12.1 Å². The normalized spacial score (nSPS) is 12.1. The Morgan fingerprint density at radius 3 is 2.38 bits per heavy atom. The number of hydrogen-bond acceptors (Lipinski definition) is 3. The van der Waals surface area contributed by atoms with Gasteiger partial charge in [-0.05, 0) is 39.0 Å². The second kappa shape index (κ2) is 6.47. The molecule has 1 aromatic carbocycles. The average Bonchev–Trinajstić information content (AvgIpc) is 2.94. The number of likely N-dealkylation sites (N-methyl/N-ethyl adjacent to an activating group) is 1. The lowest BCUT2D eigenvalue weighted by Gasteiger charge is -2.31. The number of carbonyl (C=O) groups excluding carboxylic acids is 1. The molecule has 1 amide bonds. The number of amides is 1. The SMILES string of the molecule is Cc1c(C(=O)N(C)C(C)(C)C(=O)O)cnn1-c1cccc(C(F)(F)F)c1. The van der Waals surface area contributed by atoms with Gasteiger partial charge in [0.2, 0.25) is 0 Å². The first-order valence-corrected chi connectivity index (χ1v) is 7.61. The minimum atomic E-state index is -4.50. The van der Waals surface area contributed by atoms with Gasteiger partial charge in [-0.15, -0.1) is 0 Å². The third-order valence-electron chi connectivity index (χ3n) is 4.32. The monoisotopic (exact) mass is 369 g/mol. The van der Waals surface area contributed by atoms with Crippen molar-refractivity contribution >= 4 is 11.9 Å². The van der Waals surface area contributed by atoms with Crippen molar-refractivity contribution in [1.29, 1.82) is 0 Å². The van der Waals surface area contributed by atoms with Crippen molar-refractivity contribution in [2.45, 2.75) is 32.5 Å². The molecule has 1 aromatic heterocycles. The molecule has 9 heteroatoms. The van der Waals surface area contributed by atoms with Gasteiger partial charge in [0.15, 0.2) is 0 Å². The standard InChI is InChI=1S/C17H18F3N3O3/c1-10-13(14(24)22(4)16(2,3)15(25)26)9-21-23(10)12-7-5-6-11(8-12)17(18,19)20/h5-9H,1-4H3,(H,25,26). The molecule has 1 N–H and O–H groups in total. The fraction of sp³-hybridized carbons (Fsp3) is 0.353. The average molecular weight is 369 g/mol. The molecule has 0 spiro atoms. The zero-order chi connectivity index (χ0) is 19.9. The summed E-state index contributed by atoms with van der Waals surface area (Å²) in [5.74, 6) is -1.77. The van der Waals surface area contributed by atoms with Crippen LogP contribution < -0.4 is 0 Å². The van der Waals surface area contributed by atoms with Crippen LogP contribution in [0.2, 0.25) is 0 Å². The predicted molar refractivity (Wildman–Crippen MR) is 87.1 cm³/mol. The van der Waals surface area contributed by atoms with Crippen molar-refractivity contribution in [2.75, 3.05) is 7.05 Å². The van der Waals surface area contributed by atoms with Crippen LogP contribution >= 0.6 is 0 Å². The number of halogens is 3. The van der Waals surface area contributed by atoms with Crippen LogP contribution in [0.15, 0.2) is 30.5 Å². The summed E-state index contributed by atoms with van der Waals surface area (Å²) in [5.41, 5.74) is -1.72. The molecule has 0 aliphatic rings. The summed E-state index contributed by atoms with van der Waals surface area (Å²) in [6, 6.07) is 4.56. The van der Waals surface area contributed by atoms with Crippen molar-refractivity contribution in [3.63, 3.8) is 0 Å². The van der Waals surface area contributed by atoms with E-state index in [-0.39, 0.29) is 11.3 Å². The van der Waals surface area contributed by atoms with E-state index in [0.717, 1.165) is 17.0 Å². The summed E-state index contributed by atoms with van der Waals surface area (Å²) in [5, 5.41) is 13.2. The molecule has 0 aliphatic heterocycles. The Morgan fingerprint density at radius 2 is 1.85 bits per heavy atom. The second-order valence-corrected chi connectivity index (χ2v) is 6.33. The number of aliphatic carboxylic acids is 1. The Balaban J connectivity index is 2.43. The van der Waals surface area contributed by atoms with Crippen molar-refractivity contribution < 1.29 is 27.9 Å². The van der Waals surface area contributed by atoms with Crippen molar-refractivity contribution in [2.24, 2.45) is 0 Å². The molecule has 0 unspecified atom stereocenters. The Hall–Kier alpha value is -2.84. The molecule has 0 aliphatic carbocycles. The van der Waals surface area contributed by atoms with Gasteiger partial charge in [-0.2, -0.15) is 18.3 Å². The molecule has 0 radical (unpaired) electrons. The predicted octanol–water partition coefficient (Wildman–Crippen LogP) is 3.13. The highest BCUT2D eigenvalue weighted by molar-refractivity contribution is 5.98. The number of nitrogens with zero attached hydrogens (tertiary/aromatic N) is 3. The fourth-order valence-corrected chi connectivity index (χ4v) is 2.27. The van der Waals surface area contributed by atoms with E-state index in [1.807, 2.05) is 0 Å². The molecule has 2 aromatic rings. The van der Waals surface area contributed by atoms with Crippen LogP contribution in [0.3, 0.4) is 0 Å². The summed E-state index contributed by atoms with van der Waals surface area (Å²) >= 11 is 0. The van der Waals surface area contributed by atoms with Gasteiger partial charge in [0.1, 0.15) is 5.54 Å². The Labute approximate surface area is 147 Å². The molecular formula is C17H18F3N3O3. The molecule has 140 valence electrons. The number of carboxylic acids is 1. The largest absolute Gasteiger partial charge is 0.480 e. The maximum Gasteiger partial charge on any atom is 0.416 e. The van der Waals surface area contributed by atoms with E-state index in [0.29, 0.717) is 5.69 Å². The van der Waals surface area contributed by atoms with Gasteiger partial charge in [-0.3, -0.25) is 4.79 Å². The highest BCUT2D eigenvalue weighted by Crippen LogP contribution is 2.30. The first-order valence-electron chi connectivity index (χ1n) is 7.61. The lowest BCUT2D eigenvalue weighted by Crippen LogP contribution is -2.50. The Bertz CT molecular complexity index is 856. The summed E-state index contributed by atoms with van der Waals surface area (Å²) in [6.45, 7) is 4.28. The Morgan fingerprint density at radius 1 is 1.23 bits per heavy atom. The quantitative estimate of drug-likeness (QED) is 0.898. The molecule has 0 fully saturated rings. The van der Waals surface area contributed by atoms with E-state index >= 15 is 0 Å². The molecule has 0 saturated carbocycles. The number of hydrogen-bond donors (Lipinski definition) is 1. The summed E-state index contributed by atoms with van der Waals surface area (Å²) in [4.78, 5) is 25.0. The first-order chi connectivity index (χ1) is 11.9. The van der Waals surface area contributed by atoms with Gasteiger partial charge in [0.25, 0.3) is 5.91 Å². The van der Waals surface area contributed by atoms with Crippen molar-refractivity contribution in [3.8, 4) is 5.69 Å².